The molecular formula is C13H16IN3OS. The van der Waals surface area contributed by atoms with Crippen molar-refractivity contribution in [3.05, 3.63) is 40.6 Å². The Labute approximate surface area is 133 Å². The number of hydrogen-bond acceptors (Lipinski definition) is 3. The zero-order valence-corrected chi connectivity index (χ0v) is 13.6. The minimum atomic E-state index is 0. The molecule has 0 radical (unpaired) electrons. The zero-order chi connectivity index (χ0) is 13.0. The molecule has 0 saturated carbocycles. The molecule has 0 saturated heterocycles. The van der Waals surface area contributed by atoms with Gasteiger partial charge in [-0.1, -0.05) is 12.1 Å². The molecule has 102 valence electrons. The van der Waals surface area contributed by atoms with Crippen LogP contribution in [0.5, 0.6) is 5.75 Å². The van der Waals surface area contributed by atoms with Gasteiger partial charge in [0, 0.05) is 4.88 Å². The van der Waals surface area contributed by atoms with Crippen LogP contribution in [0.3, 0.4) is 0 Å². The van der Waals surface area contributed by atoms with Crippen molar-refractivity contribution in [2.45, 2.75) is 6.54 Å². The largest absolute Gasteiger partial charge is 0.497 e. The zero-order valence-electron chi connectivity index (χ0n) is 10.5. The van der Waals surface area contributed by atoms with E-state index in [0.717, 1.165) is 16.2 Å². The standard InChI is InChI=1S/C13H15N3OS.HI/c1-17-11-4-2-9(3-5-11)10-6-12(18-8-10)7-16-13(14)15;/h2-6,8H,7H2,1H3,(H4,14,15,16);1H. The van der Waals surface area contributed by atoms with Gasteiger partial charge in [0.2, 0.25) is 0 Å². The summed E-state index contributed by atoms with van der Waals surface area (Å²) in [7, 11) is 1.66. The second kappa shape index (κ2) is 7.34. The highest BCUT2D eigenvalue weighted by Gasteiger charge is 2.02. The molecular weight excluding hydrogens is 373 g/mol. The molecule has 1 aromatic carbocycles. The van der Waals surface area contributed by atoms with Crippen LogP contribution in [0.4, 0.5) is 0 Å². The molecule has 1 aromatic heterocycles. The van der Waals surface area contributed by atoms with E-state index in [0.29, 0.717) is 6.54 Å². The third-order valence-electron chi connectivity index (χ3n) is 2.49. The summed E-state index contributed by atoms with van der Waals surface area (Å²) in [5.74, 6) is 0.976. The van der Waals surface area contributed by atoms with E-state index in [-0.39, 0.29) is 29.9 Å². The number of benzene rings is 1. The van der Waals surface area contributed by atoms with Crippen molar-refractivity contribution in [1.29, 1.82) is 0 Å². The van der Waals surface area contributed by atoms with Crippen molar-refractivity contribution < 1.29 is 4.74 Å². The summed E-state index contributed by atoms with van der Waals surface area (Å²) in [5, 5.41) is 2.10. The number of aliphatic imine (C=N–C) groups is 1. The lowest BCUT2D eigenvalue weighted by molar-refractivity contribution is 0.415. The molecule has 0 bridgehead atoms. The molecule has 19 heavy (non-hydrogen) atoms. The quantitative estimate of drug-likeness (QED) is 0.480. The van der Waals surface area contributed by atoms with Gasteiger partial charge in [0.15, 0.2) is 5.96 Å². The van der Waals surface area contributed by atoms with Crippen molar-refractivity contribution in [2.75, 3.05) is 7.11 Å². The highest BCUT2D eigenvalue weighted by atomic mass is 127. The molecule has 2 aromatic rings. The Morgan fingerprint density at radius 1 is 1.21 bits per heavy atom. The first-order valence-electron chi connectivity index (χ1n) is 5.46. The van der Waals surface area contributed by atoms with E-state index < -0.39 is 0 Å². The number of rotatable bonds is 4. The van der Waals surface area contributed by atoms with Crippen LogP contribution in [0.1, 0.15) is 4.88 Å². The number of hydrogen-bond donors (Lipinski definition) is 2. The van der Waals surface area contributed by atoms with E-state index in [2.05, 4.69) is 16.4 Å². The minimum absolute atomic E-state index is 0. The molecule has 0 aliphatic carbocycles. The second-order valence-electron chi connectivity index (χ2n) is 3.77. The van der Waals surface area contributed by atoms with Gasteiger partial charge < -0.3 is 16.2 Å². The monoisotopic (exact) mass is 389 g/mol. The van der Waals surface area contributed by atoms with E-state index in [1.165, 1.54) is 5.56 Å². The number of nitrogens with two attached hydrogens (primary N) is 2. The summed E-state index contributed by atoms with van der Waals surface area (Å²) in [6.45, 7) is 0.531. The van der Waals surface area contributed by atoms with Gasteiger partial charge in [0.25, 0.3) is 0 Å². The first kappa shape index (κ1) is 15.8. The van der Waals surface area contributed by atoms with Gasteiger partial charge in [-0.2, -0.15) is 0 Å². The highest BCUT2D eigenvalue weighted by Crippen LogP contribution is 2.27. The van der Waals surface area contributed by atoms with Crippen LogP contribution in [-0.4, -0.2) is 13.1 Å². The molecule has 0 amide bonds. The normalized spacial score (nSPS) is 9.53. The van der Waals surface area contributed by atoms with Crippen LogP contribution < -0.4 is 16.2 Å². The second-order valence-corrected chi connectivity index (χ2v) is 4.77. The molecule has 1 heterocycles. The van der Waals surface area contributed by atoms with Crippen molar-refractivity contribution in [3.8, 4) is 16.9 Å². The topological polar surface area (TPSA) is 73.6 Å². The Balaban J connectivity index is 0.00000180. The van der Waals surface area contributed by atoms with Gasteiger partial charge in [-0.25, -0.2) is 4.99 Å². The van der Waals surface area contributed by atoms with E-state index in [1.807, 2.05) is 24.3 Å². The van der Waals surface area contributed by atoms with E-state index in [1.54, 1.807) is 18.4 Å². The maximum absolute atomic E-state index is 5.31. The number of ether oxygens (including phenoxy) is 1. The lowest BCUT2D eigenvalue weighted by atomic mass is 10.1. The van der Waals surface area contributed by atoms with Crippen molar-refractivity contribution >= 4 is 41.3 Å². The van der Waals surface area contributed by atoms with E-state index in [9.17, 15) is 0 Å². The Bertz CT molecular complexity index is 547. The van der Waals surface area contributed by atoms with Gasteiger partial charge in [0.05, 0.1) is 13.7 Å². The Morgan fingerprint density at radius 3 is 2.47 bits per heavy atom. The fraction of sp³-hybridized carbons (Fsp3) is 0.154. The predicted octanol–water partition coefficient (Wildman–Crippen LogP) is 2.82. The maximum atomic E-state index is 5.31. The molecule has 0 aliphatic heterocycles. The average molecular weight is 389 g/mol. The number of halogens is 1. The summed E-state index contributed by atoms with van der Waals surface area (Å²) < 4.78 is 5.13. The van der Waals surface area contributed by atoms with Crippen LogP contribution >= 0.6 is 35.3 Å². The molecule has 0 aliphatic rings. The lowest BCUT2D eigenvalue weighted by Crippen LogP contribution is -2.22. The van der Waals surface area contributed by atoms with Crippen molar-refractivity contribution in [3.63, 3.8) is 0 Å². The van der Waals surface area contributed by atoms with Crippen LogP contribution in [0.15, 0.2) is 40.7 Å². The van der Waals surface area contributed by atoms with Gasteiger partial charge >= 0.3 is 0 Å². The number of guanidine groups is 1. The van der Waals surface area contributed by atoms with Crippen molar-refractivity contribution in [1.82, 2.24) is 0 Å². The Kier molecular flexibility index (Phi) is 6.10. The summed E-state index contributed by atoms with van der Waals surface area (Å²) in [6.07, 6.45) is 0. The van der Waals surface area contributed by atoms with E-state index in [4.69, 9.17) is 16.2 Å². The molecule has 4 nitrogen and oxygen atoms in total. The fourth-order valence-corrected chi connectivity index (χ4v) is 2.38. The number of methoxy groups -OCH3 is 1. The van der Waals surface area contributed by atoms with Gasteiger partial charge in [-0.15, -0.1) is 35.3 Å². The molecule has 2 rings (SSSR count). The Hall–Kier alpha value is -1.28. The summed E-state index contributed by atoms with van der Waals surface area (Å²) in [4.78, 5) is 5.13. The maximum Gasteiger partial charge on any atom is 0.186 e. The minimum Gasteiger partial charge on any atom is -0.497 e. The highest BCUT2D eigenvalue weighted by molar-refractivity contribution is 14.0. The summed E-state index contributed by atoms with van der Waals surface area (Å²) in [6, 6.07) is 10.1. The van der Waals surface area contributed by atoms with E-state index >= 15 is 0 Å². The molecule has 0 unspecified atom stereocenters. The van der Waals surface area contributed by atoms with Gasteiger partial charge in [-0.3, -0.25) is 0 Å². The first-order chi connectivity index (χ1) is 8.69. The SMILES string of the molecule is COc1ccc(-c2csc(CN=C(N)N)c2)cc1.I. The number of thiophene rings is 1. The third kappa shape index (κ3) is 4.39. The van der Waals surface area contributed by atoms with Crippen LogP contribution in [-0.2, 0) is 6.54 Å². The predicted molar refractivity (Wildman–Crippen MR) is 91.2 cm³/mol. The van der Waals surface area contributed by atoms with Crippen LogP contribution in [0.2, 0.25) is 0 Å². The van der Waals surface area contributed by atoms with Crippen LogP contribution in [0, 0.1) is 0 Å². The molecule has 6 heteroatoms. The molecule has 0 fully saturated rings. The first-order valence-corrected chi connectivity index (χ1v) is 6.34. The lowest BCUT2D eigenvalue weighted by Gasteiger charge is -2.01. The van der Waals surface area contributed by atoms with Crippen molar-refractivity contribution in [2.24, 2.45) is 16.5 Å². The molecule has 0 atom stereocenters. The summed E-state index contributed by atoms with van der Waals surface area (Å²) in [5.41, 5.74) is 12.9. The summed E-state index contributed by atoms with van der Waals surface area (Å²) >= 11 is 1.65. The Morgan fingerprint density at radius 2 is 1.89 bits per heavy atom. The van der Waals surface area contributed by atoms with Gasteiger partial charge in [0.1, 0.15) is 5.75 Å². The smallest absolute Gasteiger partial charge is 0.186 e. The third-order valence-corrected chi connectivity index (χ3v) is 3.42. The molecule has 4 N–H and O–H groups in total. The average Bonchev–Trinajstić information content (AvgIpc) is 2.85. The number of nitrogens with zero attached hydrogens (tertiary/aromatic N) is 1. The van der Waals surface area contributed by atoms with Gasteiger partial charge in [-0.05, 0) is 34.7 Å². The molecule has 0 spiro atoms. The fourth-order valence-electron chi connectivity index (χ4n) is 1.57. The van der Waals surface area contributed by atoms with Crippen LogP contribution in [0.25, 0.3) is 11.1 Å².